The predicted molar refractivity (Wildman–Crippen MR) is 105 cm³/mol. The quantitative estimate of drug-likeness (QED) is 0.650. The molecule has 0 radical (unpaired) electrons. The molecule has 0 bridgehead atoms. The number of anilines is 1. The average Bonchev–Trinajstić information content (AvgIpc) is 2.67. The highest BCUT2D eigenvalue weighted by Gasteiger charge is 2.30. The summed E-state index contributed by atoms with van der Waals surface area (Å²) >= 11 is 0. The van der Waals surface area contributed by atoms with Crippen molar-refractivity contribution in [1.82, 2.24) is 13.3 Å². The normalized spacial score (nSPS) is 16.9. The van der Waals surface area contributed by atoms with Gasteiger partial charge in [0.15, 0.2) is 0 Å². The Kier molecular flexibility index (Phi) is 7.39. The van der Waals surface area contributed by atoms with Crippen molar-refractivity contribution in [2.75, 3.05) is 46.2 Å². The van der Waals surface area contributed by atoms with E-state index in [4.69, 9.17) is 0 Å². The molecular weight excluding hydrogens is 408 g/mol. The van der Waals surface area contributed by atoms with Crippen LogP contribution < -0.4 is 10.0 Å². The van der Waals surface area contributed by atoms with E-state index in [2.05, 4.69) is 14.8 Å². The molecular formula is C16H26N4O6S2. The first-order valence-electron chi connectivity index (χ1n) is 8.68. The van der Waals surface area contributed by atoms with Crippen molar-refractivity contribution >= 4 is 32.0 Å². The van der Waals surface area contributed by atoms with E-state index in [0.29, 0.717) is 31.6 Å². The molecule has 0 spiro atoms. The van der Waals surface area contributed by atoms with Crippen LogP contribution in [0, 0.1) is 5.92 Å². The molecule has 0 unspecified atom stereocenters. The topological polar surface area (TPSA) is 125 Å². The molecule has 158 valence electrons. The summed E-state index contributed by atoms with van der Waals surface area (Å²) in [5, 5.41) is 2.44. The van der Waals surface area contributed by atoms with Gasteiger partial charge in [-0.3, -0.25) is 5.32 Å². The first-order chi connectivity index (χ1) is 13.1. The van der Waals surface area contributed by atoms with Gasteiger partial charge in [-0.1, -0.05) is 0 Å². The molecule has 1 saturated heterocycles. The number of piperidine rings is 1. The summed E-state index contributed by atoms with van der Waals surface area (Å²) in [5.74, 6) is 0.0589. The minimum atomic E-state index is -3.70. The van der Waals surface area contributed by atoms with Crippen LogP contribution in [0.25, 0.3) is 0 Å². The largest absolute Gasteiger partial charge is 0.453 e. The third kappa shape index (κ3) is 5.64. The molecule has 1 aliphatic rings. The van der Waals surface area contributed by atoms with Crippen molar-refractivity contribution in [2.45, 2.75) is 17.7 Å². The molecule has 1 aliphatic heterocycles. The van der Waals surface area contributed by atoms with E-state index < -0.39 is 26.3 Å². The smallest absolute Gasteiger partial charge is 0.411 e. The van der Waals surface area contributed by atoms with Gasteiger partial charge in [0.1, 0.15) is 0 Å². The number of carbonyl (C=O) groups is 1. The van der Waals surface area contributed by atoms with Crippen molar-refractivity contribution in [1.29, 1.82) is 0 Å². The van der Waals surface area contributed by atoms with Crippen molar-refractivity contribution in [2.24, 2.45) is 5.92 Å². The SMILES string of the molecule is COC(=O)Nc1ccc(S(=O)(=O)NCC2CCN(S(=O)(=O)N(C)C)CC2)cc1. The zero-order valence-electron chi connectivity index (χ0n) is 16.1. The van der Waals surface area contributed by atoms with Gasteiger partial charge in [0.25, 0.3) is 10.2 Å². The van der Waals surface area contributed by atoms with Crippen LogP contribution in [-0.2, 0) is 25.0 Å². The lowest BCUT2D eigenvalue weighted by atomic mass is 9.99. The van der Waals surface area contributed by atoms with Crippen LogP contribution in [0.1, 0.15) is 12.8 Å². The van der Waals surface area contributed by atoms with E-state index in [1.165, 1.54) is 54.1 Å². The number of nitrogens with zero attached hydrogens (tertiary/aromatic N) is 2. The maximum atomic E-state index is 12.4. The molecule has 0 atom stereocenters. The van der Waals surface area contributed by atoms with Crippen LogP contribution in [-0.4, -0.2) is 72.4 Å². The van der Waals surface area contributed by atoms with E-state index in [1.54, 1.807) is 0 Å². The highest BCUT2D eigenvalue weighted by Crippen LogP contribution is 2.21. The van der Waals surface area contributed by atoms with Crippen molar-refractivity contribution < 1.29 is 26.4 Å². The summed E-state index contributed by atoms with van der Waals surface area (Å²) in [6.45, 7) is 0.960. The molecule has 10 nitrogen and oxygen atoms in total. The Bertz CT molecular complexity index is 876. The molecule has 0 saturated carbocycles. The van der Waals surface area contributed by atoms with E-state index in [1.807, 2.05) is 0 Å². The standard InChI is InChI=1S/C16H26N4O6S2/c1-19(2)28(24,25)20-10-8-13(9-11-20)12-17-27(22,23)15-6-4-14(5-7-15)18-16(21)26-3/h4-7,13,17H,8-12H2,1-3H3,(H,18,21). The molecule has 2 N–H and O–H groups in total. The highest BCUT2D eigenvalue weighted by atomic mass is 32.2. The molecule has 1 aromatic carbocycles. The lowest BCUT2D eigenvalue weighted by molar-refractivity contribution is 0.187. The van der Waals surface area contributed by atoms with E-state index in [0.717, 1.165) is 0 Å². The summed E-state index contributed by atoms with van der Waals surface area (Å²) < 4.78 is 58.7. The molecule has 1 fully saturated rings. The molecule has 0 aliphatic carbocycles. The van der Waals surface area contributed by atoms with Crippen LogP contribution in [0.3, 0.4) is 0 Å². The first kappa shape index (κ1) is 22.6. The van der Waals surface area contributed by atoms with Crippen molar-refractivity contribution in [3.8, 4) is 0 Å². The van der Waals surface area contributed by atoms with Gasteiger partial charge < -0.3 is 4.74 Å². The third-order valence-corrected chi connectivity index (χ3v) is 7.90. The minimum absolute atomic E-state index is 0.0589. The number of amides is 1. The van der Waals surface area contributed by atoms with Crippen molar-refractivity contribution in [3.05, 3.63) is 24.3 Å². The number of sulfonamides is 1. The van der Waals surface area contributed by atoms with Gasteiger partial charge in [0.05, 0.1) is 12.0 Å². The predicted octanol–water partition coefficient (Wildman–Crippen LogP) is 0.662. The second-order valence-corrected chi connectivity index (χ2v) is 10.5. The second kappa shape index (κ2) is 9.18. The molecule has 1 amide bonds. The fourth-order valence-electron chi connectivity index (χ4n) is 2.77. The third-order valence-electron chi connectivity index (χ3n) is 4.52. The van der Waals surface area contributed by atoms with Crippen LogP contribution in [0.4, 0.5) is 10.5 Å². The molecule has 28 heavy (non-hydrogen) atoms. The number of hydrogen-bond acceptors (Lipinski definition) is 6. The number of rotatable bonds is 7. The van der Waals surface area contributed by atoms with Crippen molar-refractivity contribution in [3.63, 3.8) is 0 Å². The van der Waals surface area contributed by atoms with Gasteiger partial charge in [0.2, 0.25) is 10.0 Å². The number of carbonyl (C=O) groups excluding carboxylic acids is 1. The number of nitrogens with one attached hydrogen (secondary N) is 2. The minimum Gasteiger partial charge on any atom is -0.453 e. The highest BCUT2D eigenvalue weighted by molar-refractivity contribution is 7.89. The van der Waals surface area contributed by atoms with Crippen LogP contribution in [0.2, 0.25) is 0 Å². The fraction of sp³-hybridized carbons (Fsp3) is 0.562. The van der Waals surface area contributed by atoms with E-state index in [9.17, 15) is 21.6 Å². The van der Waals surface area contributed by atoms with E-state index in [-0.39, 0.29) is 17.4 Å². The van der Waals surface area contributed by atoms with Crippen LogP contribution in [0.15, 0.2) is 29.2 Å². The molecule has 12 heteroatoms. The number of ether oxygens (including phenoxy) is 1. The van der Waals surface area contributed by atoms with Gasteiger partial charge in [-0.15, -0.1) is 0 Å². The summed E-state index contributed by atoms with van der Waals surface area (Å²) in [6, 6.07) is 5.71. The molecule has 1 aromatic rings. The zero-order chi connectivity index (χ0) is 20.9. The number of hydrogen-bond donors (Lipinski definition) is 2. The fourth-order valence-corrected chi connectivity index (χ4v) is 5.02. The lowest BCUT2D eigenvalue weighted by Crippen LogP contribution is -2.45. The Morgan fingerprint density at radius 3 is 2.21 bits per heavy atom. The monoisotopic (exact) mass is 434 g/mol. The average molecular weight is 435 g/mol. The number of methoxy groups -OCH3 is 1. The van der Waals surface area contributed by atoms with Gasteiger partial charge in [0, 0.05) is 39.4 Å². The Balaban J connectivity index is 1.89. The zero-order valence-corrected chi connectivity index (χ0v) is 17.7. The first-order valence-corrected chi connectivity index (χ1v) is 11.6. The summed E-state index contributed by atoms with van der Waals surface area (Å²) in [4.78, 5) is 11.2. The van der Waals surface area contributed by atoms with Crippen LogP contribution in [0.5, 0.6) is 0 Å². The van der Waals surface area contributed by atoms with Gasteiger partial charge in [-0.05, 0) is 43.0 Å². The lowest BCUT2D eigenvalue weighted by Gasteiger charge is -2.32. The molecule has 0 aromatic heterocycles. The Hall–Kier alpha value is -1.73. The van der Waals surface area contributed by atoms with Gasteiger partial charge in [-0.2, -0.15) is 17.0 Å². The maximum absolute atomic E-state index is 12.4. The summed E-state index contributed by atoms with van der Waals surface area (Å²) in [5.41, 5.74) is 0.417. The second-order valence-electron chi connectivity index (χ2n) is 6.63. The Morgan fingerprint density at radius 1 is 1.14 bits per heavy atom. The number of benzene rings is 1. The molecule has 2 rings (SSSR count). The molecule has 1 heterocycles. The van der Waals surface area contributed by atoms with E-state index >= 15 is 0 Å². The maximum Gasteiger partial charge on any atom is 0.411 e. The van der Waals surface area contributed by atoms with Gasteiger partial charge in [-0.25, -0.2) is 17.9 Å². The Morgan fingerprint density at radius 2 is 1.71 bits per heavy atom. The summed E-state index contributed by atoms with van der Waals surface area (Å²) in [7, 11) is -2.93. The van der Waals surface area contributed by atoms with Crippen LogP contribution >= 0.6 is 0 Å². The Labute approximate surface area is 166 Å². The summed E-state index contributed by atoms with van der Waals surface area (Å²) in [6.07, 6.45) is 0.520. The van der Waals surface area contributed by atoms with Gasteiger partial charge >= 0.3 is 6.09 Å².